The standard InChI is InChI=1S/C18H19BrN2O/c19-15-10-8-14(9-11-15)18(22)20-13-17-7-4-12-21(17)16-5-2-1-3-6-16/h1-3,5-6,8-11,17H,4,7,12-13H2,(H,20,22). The maximum atomic E-state index is 12.2. The SMILES string of the molecule is O=C(NCC1CCCN1c1ccccc1)c1ccc(Br)cc1. The molecule has 0 bridgehead atoms. The Morgan fingerprint density at radius 3 is 2.59 bits per heavy atom. The number of hydrogen-bond donors (Lipinski definition) is 1. The van der Waals surface area contributed by atoms with Gasteiger partial charge in [-0.15, -0.1) is 0 Å². The zero-order valence-corrected chi connectivity index (χ0v) is 13.9. The number of nitrogens with one attached hydrogen (secondary N) is 1. The number of carbonyl (C=O) groups is 1. The van der Waals surface area contributed by atoms with Crippen LogP contribution < -0.4 is 10.2 Å². The van der Waals surface area contributed by atoms with Crippen LogP contribution in [0.25, 0.3) is 0 Å². The summed E-state index contributed by atoms with van der Waals surface area (Å²) in [7, 11) is 0. The van der Waals surface area contributed by atoms with E-state index in [1.807, 2.05) is 30.3 Å². The zero-order valence-electron chi connectivity index (χ0n) is 12.3. The summed E-state index contributed by atoms with van der Waals surface area (Å²) in [6, 6.07) is 18.2. The molecule has 3 nitrogen and oxygen atoms in total. The normalized spacial score (nSPS) is 17.5. The lowest BCUT2D eigenvalue weighted by Gasteiger charge is -2.27. The Kier molecular flexibility index (Phi) is 4.78. The minimum absolute atomic E-state index is 0.00703. The van der Waals surface area contributed by atoms with Gasteiger partial charge in [-0.1, -0.05) is 34.1 Å². The molecule has 0 aromatic heterocycles. The molecule has 2 aromatic carbocycles. The third-order valence-electron chi connectivity index (χ3n) is 4.07. The van der Waals surface area contributed by atoms with Gasteiger partial charge in [0.25, 0.3) is 5.91 Å². The van der Waals surface area contributed by atoms with Crippen molar-refractivity contribution in [3.63, 3.8) is 0 Å². The van der Waals surface area contributed by atoms with Crippen molar-refractivity contribution in [2.24, 2.45) is 0 Å². The van der Waals surface area contributed by atoms with Crippen molar-refractivity contribution in [2.45, 2.75) is 18.9 Å². The van der Waals surface area contributed by atoms with Gasteiger partial charge in [-0.25, -0.2) is 0 Å². The van der Waals surface area contributed by atoms with E-state index in [-0.39, 0.29) is 5.91 Å². The Hall–Kier alpha value is -1.81. The lowest BCUT2D eigenvalue weighted by molar-refractivity contribution is 0.0951. The predicted molar refractivity (Wildman–Crippen MR) is 93.3 cm³/mol. The first-order valence-electron chi connectivity index (χ1n) is 7.59. The lowest BCUT2D eigenvalue weighted by Crippen LogP contribution is -2.40. The minimum Gasteiger partial charge on any atom is -0.367 e. The minimum atomic E-state index is -0.00703. The summed E-state index contributed by atoms with van der Waals surface area (Å²) in [6.45, 7) is 1.74. The van der Waals surface area contributed by atoms with Gasteiger partial charge < -0.3 is 10.2 Å². The van der Waals surface area contributed by atoms with Crippen LogP contribution >= 0.6 is 15.9 Å². The predicted octanol–water partition coefficient (Wildman–Crippen LogP) is 3.85. The van der Waals surface area contributed by atoms with Crippen molar-refractivity contribution in [3.8, 4) is 0 Å². The van der Waals surface area contributed by atoms with E-state index in [1.165, 1.54) is 12.1 Å². The molecule has 0 aliphatic carbocycles. The first kappa shape index (κ1) is 15.1. The number of benzene rings is 2. The highest BCUT2D eigenvalue weighted by Gasteiger charge is 2.24. The van der Waals surface area contributed by atoms with Crippen molar-refractivity contribution >= 4 is 27.5 Å². The molecule has 1 fully saturated rings. The van der Waals surface area contributed by atoms with Gasteiger partial charge in [0.1, 0.15) is 0 Å². The van der Waals surface area contributed by atoms with Gasteiger partial charge in [0, 0.05) is 34.9 Å². The average molecular weight is 359 g/mol. The first-order chi connectivity index (χ1) is 10.7. The van der Waals surface area contributed by atoms with Gasteiger partial charge in [0.2, 0.25) is 0 Å². The van der Waals surface area contributed by atoms with E-state index in [0.717, 1.165) is 17.4 Å². The van der Waals surface area contributed by atoms with E-state index < -0.39 is 0 Å². The molecule has 0 saturated carbocycles. The number of nitrogens with zero attached hydrogens (tertiary/aromatic N) is 1. The Bertz CT molecular complexity index is 627. The van der Waals surface area contributed by atoms with Crippen LogP contribution in [0.2, 0.25) is 0 Å². The second kappa shape index (κ2) is 6.97. The Labute approximate surface area is 139 Å². The molecule has 4 heteroatoms. The number of halogens is 1. The third kappa shape index (κ3) is 3.50. The van der Waals surface area contributed by atoms with E-state index in [9.17, 15) is 4.79 Å². The monoisotopic (exact) mass is 358 g/mol. The molecule has 0 radical (unpaired) electrons. The molecule has 3 rings (SSSR count). The molecule has 1 heterocycles. The van der Waals surface area contributed by atoms with Gasteiger partial charge in [-0.05, 0) is 49.2 Å². The summed E-state index contributed by atoms with van der Waals surface area (Å²) >= 11 is 3.38. The van der Waals surface area contributed by atoms with E-state index in [0.29, 0.717) is 18.2 Å². The van der Waals surface area contributed by atoms with Crippen LogP contribution in [0.5, 0.6) is 0 Å². The molecule has 1 N–H and O–H groups in total. The highest BCUT2D eigenvalue weighted by molar-refractivity contribution is 9.10. The first-order valence-corrected chi connectivity index (χ1v) is 8.39. The molecule has 1 atom stereocenters. The molecular formula is C18H19BrN2O. The molecule has 0 spiro atoms. The maximum absolute atomic E-state index is 12.2. The number of anilines is 1. The van der Waals surface area contributed by atoms with Crippen LogP contribution in [0, 0.1) is 0 Å². The maximum Gasteiger partial charge on any atom is 0.251 e. The van der Waals surface area contributed by atoms with Crippen LogP contribution in [-0.2, 0) is 0 Å². The van der Waals surface area contributed by atoms with Gasteiger partial charge in [-0.2, -0.15) is 0 Å². The fourth-order valence-corrected chi connectivity index (χ4v) is 3.19. The van der Waals surface area contributed by atoms with Gasteiger partial charge in [0.05, 0.1) is 0 Å². The van der Waals surface area contributed by atoms with Crippen molar-refractivity contribution in [1.29, 1.82) is 0 Å². The van der Waals surface area contributed by atoms with Gasteiger partial charge in [0.15, 0.2) is 0 Å². The number of amides is 1. The molecule has 1 unspecified atom stereocenters. The molecule has 1 aliphatic heterocycles. The quantitative estimate of drug-likeness (QED) is 0.900. The summed E-state index contributed by atoms with van der Waals surface area (Å²) in [5, 5.41) is 3.06. The summed E-state index contributed by atoms with van der Waals surface area (Å²) in [5.74, 6) is -0.00703. The lowest BCUT2D eigenvalue weighted by atomic mass is 10.2. The van der Waals surface area contributed by atoms with E-state index in [4.69, 9.17) is 0 Å². The second-order valence-electron chi connectivity index (χ2n) is 5.54. The molecule has 1 saturated heterocycles. The summed E-state index contributed by atoms with van der Waals surface area (Å²) in [4.78, 5) is 14.6. The van der Waals surface area contributed by atoms with E-state index in [2.05, 4.69) is 50.4 Å². The Morgan fingerprint density at radius 1 is 1.14 bits per heavy atom. The molecule has 22 heavy (non-hydrogen) atoms. The fraction of sp³-hybridized carbons (Fsp3) is 0.278. The van der Waals surface area contributed by atoms with Crippen molar-refractivity contribution in [3.05, 3.63) is 64.6 Å². The smallest absolute Gasteiger partial charge is 0.251 e. The van der Waals surface area contributed by atoms with Crippen LogP contribution in [0.1, 0.15) is 23.2 Å². The van der Waals surface area contributed by atoms with Crippen LogP contribution in [0.4, 0.5) is 5.69 Å². The molecule has 2 aromatic rings. The van der Waals surface area contributed by atoms with E-state index >= 15 is 0 Å². The number of rotatable bonds is 4. The molecule has 1 amide bonds. The summed E-state index contributed by atoms with van der Waals surface area (Å²) < 4.78 is 0.982. The zero-order chi connectivity index (χ0) is 15.4. The summed E-state index contributed by atoms with van der Waals surface area (Å²) in [5.41, 5.74) is 1.94. The van der Waals surface area contributed by atoms with Crippen LogP contribution in [-0.4, -0.2) is 25.0 Å². The van der Waals surface area contributed by atoms with Crippen LogP contribution in [0.3, 0.4) is 0 Å². The molecular weight excluding hydrogens is 340 g/mol. The van der Waals surface area contributed by atoms with Crippen molar-refractivity contribution < 1.29 is 4.79 Å². The average Bonchev–Trinajstić information content (AvgIpc) is 3.02. The molecule has 114 valence electrons. The van der Waals surface area contributed by atoms with Gasteiger partial charge in [-0.3, -0.25) is 4.79 Å². The summed E-state index contributed by atoms with van der Waals surface area (Å²) in [6.07, 6.45) is 2.29. The highest BCUT2D eigenvalue weighted by atomic mass is 79.9. The van der Waals surface area contributed by atoms with Gasteiger partial charge >= 0.3 is 0 Å². The Balaban J connectivity index is 1.61. The van der Waals surface area contributed by atoms with E-state index in [1.54, 1.807) is 0 Å². The number of hydrogen-bond acceptors (Lipinski definition) is 2. The number of para-hydroxylation sites is 1. The Morgan fingerprint density at radius 2 is 1.86 bits per heavy atom. The highest BCUT2D eigenvalue weighted by Crippen LogP contribution is 2.24. The fourth-order valence-electron chi connectivity index (χ4n) is 2.92. The largest absolute Gasteiger partial charge is 0.367 e. The third-order valence-corrected chi connectivity index (χ3v) is 4.60. The molecule has 1 aliphatic rings. The topological polar surface area (TPSA) is 32.3 Å². The van der Waals surface area contributed by atoms with Crippen molar-refractivity contribution in [2.75, 3.05) is 18.0 Å². The number of carbonyl (C=O) groups excluding carboxylic acids is 1. The van der Waals surface area contributed by atoms with Crippen LogP contribution in [0.15, 0.2) is 59.1 Å². The second-order valence-corrected chi connectivity index (χ2v) is 6.46. The van der Waals surface area contributed by atoms with Crippen molar-refractivity contribution in [1.82, 2.24) is 5.32 Å².